The second kappa shape index (κ2) is 5.32. The number of carboxylic acids is 1. The Labute approximate surface area is 92.1 Å². The molecule has 0 heterocycles. The third-order valence-corrected chi connectivity index (χ3v) is 3.56. The molecule has 0 spiro atoms. The summed E-state index contributed by atoms with van der Waals surface area (Å²) >= 11 is 3.04. The second-order valence-corrected chi connectivity index (χ2v) is 5.07. The van der Waals surface area contributed by atoms with E-state index in [-0.39, 0.29) is 0 Å². The first-order valence-corrected chi connectivity index (χ1v) is 6.27. The lowest BCUT2D eigenvalue weighted by Gasteiger charge is -2.05. The van der Waals surface area contributed by atoms with Gasteiger partial charge in [0.2, 0.25) is 0 Å². The Morgan fingerprint density at radius 1 is 1.29 bits per heavy atom. The number of carboxylic acid groups (broad SMARTS) is 1. The van der Waals surface area contributed by atoms with Gasteiger partial charge in [-0.05, 0) is 37.4 Å². The van der Waals surface area contributed by atoms with Gasteiger partial charge < -0.3 is 5.11 Å². The van der Waals surface area contributed by atoms with E-state index >= 15 is 0 Å². The van der Waals surface area contributed by atoms with Crippen LogP contribution in [0.2, 0.25) is 0 Å². The lowest BCUT2D eigenvalue weighted by Crippen LogP contribution is -2.10. The maximum absolute atomic E-state index is 10.6. The molecule has 1 unspecified atom stereocenters. The Kier molecular flexibility index (Phi) is 4.35. The fraction of sp³-hybridized carbons (Fsp3) is 0.300. The summed E-state index contributed by atoms with van der Waals surface area (Å²) in [6, 6.07) is 7.91. The van der Waals surface area contributed by atoms with Crippen molar-refractivity contribution in [2.75, 3.05) is 6.26 Å². The smallest absolute Gasteiger partial charge is 0.316 e. The fourth-order valence-electron chi connectivity index (χ4n) is 0.909. The van der Waals surface area contributed by atoms with Crippen LogP contribution >= 0.6 is 23.5 Å². The second-order valence-electron chi connectivity index (χ2n) is 2.77. The zero-order chi connectivity index (χ0) is 10.6. The van der Waals surface area contributed by atoms with Gasteiger partial charge in [-0.1, -0.05) is 0 Å². The number of hydrogen-bond acceptors (Lipinski definition) is 3. The molecule has 0 saturated carbocycles. The molecule has 0 radical (unpaired) electrons. The van der Waals surface area contributed by atoms with Crippen LogP contribution in [0, 0.1) is 0 Å². The van der Waals surface area contributed by atoms with Gasteiger partial charge in [-0.2, -0.15) is 0 Å². The van der Waals surface area contributed by atoms with Gasteiger partial charge in [-0.25, -0.2) is 0 Å². The molecule has 0 saturated heterocycles. The molecule has 4 heteroatoms. The number of rotatable bonds is 4. The highest BCUT2D eigenvalue weighted by molar-refractivity contribution is 8.00. The largest absolute Gasteiger partial charge is 0.480 e. The number of hydrogen-bond donors (Lipinski definition) is 1. The van der Waals surface area contributed by atoms with Crippen molar-refractivity contribution < 1.29 is 9.90 Å². The van der Waals surface area contributed by atoms with Crippen molar-refractivity contribution in [3.63, 3.8) is 0 Å². The third-order valence-electron chi connectivity index (χ3n) is 1.72. The molecule has 0 aromatic heterocycles. The highest BCUT2D eigenvalue weighted by atomic mass is 32.2. The lowest BCUT2D eigenvalue weighted by atomic mass is 10.4. The van der Waals surface area contributed by atoms with Crippen LogP contribution in [0.3, 0.4) is 0 Å². The Morgan fingerprint density at radius 2 is 1.79 bits per heavy atom. The maximum atomic E-state index is 10.6. The van der Waals surface area contributed by atoms with Crippen molar-refractivity contribution in [2.45, 2.75) is 22.0 Å². The van der Waals surface area contributed by atoms with E-state index in [1.54, 1.807) is 18.7 Å². The number of aliphatic carboxylic acids is 1. The molecule has 1 aromatic carbocycles. The SMILES string of the molecule is CSc1ccc(SC(C)C(=O)O)cc1. The average molecular weight is 228 g/mol. The Bertz CT molecular complexity index is 308. The topological polar surface area (TPSA) is 37.3 Å². The van der Waals surface area contributed by atoms with E-state index in [4.69, 9.17) is 5.11 Å². The minimum Gasteiger partial charge on any atom is -0.480 e. The standard InChI is InChI=1S/C10H12O2S2/c1-7(10(11)12)14-9-5-3-8(13-2)4-6-9/h3-7H,1-2H3,(H,11,12). The van der Waals surface area contributed by atoms with Gasteiger partial charge in [0.1, 0.15) is 5.25 Å². The normalized spacial score (nSPS) is 12.4. The average Bonchev–Trinajstić information content (AvgIpc) is 2.19. The number of thioether (sulfide) groups is 2. The zero-order valence-electron chi connectivity index (χ0n) is 8.06. The quantitative estimate of drug-likeness (QED) is 0.804. The van der Waals surface area contributed by atoms with Gasteiger partial charge in [0.05, 0.1) is 0 Å². The van der Waals surface area contributed by atoms with Gasteiger partial charge in [-0.15, -0.1) is 23.5 Å². The summed E-state index contributed by atoms with van der Waals surface area (Å²) in [5, 5.41) is 8.33. The maximum Gasteiger partial charge on any atom is 0.316 e. The van der Waals surface area contributed by atoms with E-state index in [0.717, 1.165) is 4.90 Å². The first-order chi connectivity index (χ1) is 6.63. The van der Waals surface area contributed by atoms with Gasteiger partial charge >= 0.3 is 5.97 Å². The third kappa shape index (κ3) is 3.27. The van der Waals surface area contributed by atoms with Crippen LogP contribution in [-0.2, 0) is 4.79 Å². The molecule has 1 aromatic rings. The predicted octanol–water partition coefficient (Wildman–Crippen LogP) is 2.97. The number of carbonyl (C=O) groups is 1. The van der Waals surface area contributed by atoms with Crippen molar-refractivity contribution >= 4 is 29.5 Å². The van der Waals surface area contributed by atoms with Gasteiger partial charge in [0.25, 0.3) is 0 Å². The molecule has 2 nitrogen and oxygen atoms in total. The Morgan fingerprint density at radius 3 is 2.21 bits per heavy atom. The van der Waals surface area contributed by atoms with E-state index in [1.165, 1.54) is 16.7 Å². The first kappa shape index (κ1) is 11.5. The van der Waals surface area contributed by atoms with Crippen LogP contribution < -0.4 is 0 Å². The molecule has 0 aliphatic rings. The number of benzene rings is 1. The van der Waals surface area contributed by atoms with Crippen LogP contribution in [-0.4, -0.2) is 22.6 Å². The van der Waals surface area contributed by atoms with Crippen molar-refractivity contribution in [3.05, 3.63) is 24.3 Å². The van der Waals surface area contributed by atoms with E-state index in [0.29, 0.717) is 0 Å². The van der Waals surface area contributed by atoms with Crippen LogP contribution in [0.4, 0.5) is 0 Å². The minimum absolute atomic E-state index is 0.393. The molecule has 14 heavy (non-hydrogen) atoms. The molecule has 0 fully saturated rings. The molecule has 0 amide bonds. The van der Waals surface area contributed by atoms with E-state index in [1.807, 2.05) is 30.5 Å². The van der Waals surface area contributed by atoms with Crippen molar-refractivity contribution in [1.29, 1.82) is 0 Å². The fourth-order valence-corrected chi connectivity index (χ4v) is 2.12. The molecule has 1 atom stereocenters. The van der Waals surface area contributed by atoms with Crippen molar-refractivity contribution in [1.82, 2.24) is 0 Å². The Hall–Kier alpha value is -0.610. The van der Waals surface area contributed by atoms with Crippen molar-refractivity contribution in [2.24, 2.45) is 0 Å². The highest BCUT2D eigenvalue weighted by Crippen LogP contribution is 2.25. The molecule has 1 N–H and O–H groups in total. The highest BCUT2D eigenvalue weighted by Gasteiger charge is 2.11. The van der Waals surface area contributed by atoms with E-state index in [2.05, 4.69) is 0 Å². The summed E-state index contributed by atoms with van der Waals surface area (Å²) in [5.41, 5.74) is 0. The van der Waals surface area contributed by atoms with Crippen LogP contribution in [0.15, 0.2) is 34.1 Å². The predicted molar refractivity (Wildman–Crippen MR) is 61.2 cm³/mol. The minimum atomic E-state index is -0.774. The van der Waals surface area contributed by atoms with Crippen molar-refractivity contribution in [3.8, 4) is 0 Å². The molecule has 0 bridgehead atoms. The monoisotopic (exact) mass is 228 g/mol. The lowest BCUT2D eigenvalue weighted by molar-refractivity contribution is -0.136. The molecular weight excluding hydrogens is 216 g/mol. The van der Waals surface area contributed by atoms with Gasteiger partial charge in [0.15, 0.2) is 0 Å². The van der Waals surface area contributed by atoms with Crippen LogP contribution in [0.5, 0.6) is 0 Å². The summed E-state index contributed by atoms with van der Waals surface area (Å²) in [4.78, 5) is 12.8. The molecule has 76 valence electrons. The summed E-state index contributed by atoms with van der Waals surface area (Å²) in [6.45, 7) is 1.69. The summed E-state index contributed by atoms with van der Waals surface area (Å²) in [5.74, 6) is -0.774. The van der Waals surface area contributed by atoms with Gasteiger partial charge in [-0.3, -0.25) is 4.79 Å². The molecule has 0 aliphatic carbocycles. The summed E-state index contributed by atoms with van der Waals surface area (Å²) in [6.07, 6.45) is 2.02. The van der Waals surface area contributed by atoms with E-state index < -0.39 is 11.2 Å². The molecular formula is C10H12O2S2. The van der Waals surface area contributed by atoms with E-state index in [9.17, 15) is 4.79 Å². The van der Waals surface area contributed by atoms with Crippen LogP contribution in [0.25, 0.3) is 0 Å². The van der Waals surface area contributed by atoms with Gasteiger partial charge in [0, 0.05) is 9.79 Å². The molecule has 1 rings (SSSR count). The summed E-state index contributed by atoms with van der Waals surface area (Å²) in [7, 11) is 0. The summed E-state index contributed by atoms with van der Waals surface area (Å²) < 4.78 is 0. The first-order valence-electron chi connectivity index (χ1n) is 4.17. The zero-order valence-corrected chi connectivity index (χ0v) is 9.69. The van der Waals surface area contributed by atoms with Crippen LogP contribution in [0.1, 0.15) is 6.92 Å². The Balaban J connectivity index is 2.64. The molecule has 0 aliphatic heterocycles.